The van der Waals surface area contributed by atoms with Crippen molar-refractivity contribution in [1.82, 2.24) is 0 Å². The number of hydrogen-bond donors (Lipinski definition) is 0. The lowest BCUT2D eigenvalue weighted by molar-refractivity contribution is 0.655. The molecule has 9 heavy (non-hydrogen) atoms. The fourth-order valence-electron chi connectivity index (χ4n) is 1.25. The molecule has 2 heteroatoms. The van der Waals surface area contributed by atoms with Crippen LogP contribution in [0.4, 0.5) is 0 Å². The zero-order valence-corrected chi connectivity index (χ0v) is 7.01. The molecule has 0 saturated heterocycles. The van der Waals surface area contributed by atoms with Crippen molar-refractivity contribution in [3.8, 4) is 0 Å². The molecule has 0 aliphatic heterocycles. The van der Waals surface area contributed by atoms with Crippen LogP contribution in [-0.4, -0.2) is 4.33 Å². The minimum atomic E-state index is -0.392. The highest BCUT2D eigenvalue weighted by Gasteiger charge is 2.24. The lowest BCUT2D eigenvalue weighted by atomic mass is 10.2. The molecule has 0 spiro atoms. The van der Waals surface area contributed by atoms with Crippen LogP contribution in [0, 0.1) is 0 Å². The van der Waals surface area contributed by atoms with E-state index in [1.807, 2.05) is 0 Å². The standard InChI is InChI=1S/C7H12Cl2/c8-7(9)5-3-1-2-4-6-7/h1-6H2. The van der Waals surface area contributed by atoms with E-state index < -0.39 is 4.33 Å². The highest BCUT2D eigenvalue weighted by atomic mass is 35.5. The smallest absolute Gasteiger partial charge is 0.102 e. The summed E-state index contributed by atoms with van der Waals surface area (Å²) in [6, 6.07) is 0. The van der Waals surface area contributed by atoms with Crippen molar-refractivity contribution in [2.24, 2.45) is 0 Å². The molecule has 0 radical (unpaired) electrons. The van der Waals surface area contributed by atoms with E-state index in [0.29, 0.717) is 0 Å². The summed E-state index contributed by atoms with van der Waals surface area (Å²) in [4.78, 5) is 0. The molecule has 0 amide bonds. The highest BCUT2D eigenvalue weighted by molar-refractivity contribution is 6.48. The Morgan fingerprint density at radius 2 is 1.22 bits per heavy atom. The van der Waals surface area contributed by atoms with Gasteiger partial charge in [-0.1, -0.05) is 25.7 Å². The summed E-state index contributed by atoms with van der Waals surface area (Å²) < 4.78 is -0.392. The zero-order chi connectivity index (χ0) is 6.74. The topological polar surface area (TPSA) is 0 Å². The van der Waals surface area contributed by atoms with Gasteiger partial charge in [-0.25, -0.2) is 0 Å². The number of halogens is 2. The summed E-state index contributed by atoms with van der Waals surface area (Å²) in [5.74, 6) is 0. The molecule has 0 N–H and O–H groups in total. The van der Waals surface area contributed by atoms with Gasteiger partial charge in [-0.05, 0) is 12.8 Å². The Morgan fingerprint density at radius 1 is 0.778 bits per heavy atom. The average Bonchev–Trinajstić information content (AvgIpc) is 1.92. The lowest BCUT2D eigenvalue weighted by Crippen LogP contribution is -2.09. The largest absolute Gasteiger partial charge is 0.118 e. The quantitative estimate of drug-likeness (QED) is 0.382. The number of rotatable bonds is 0. The van der Waals surface area contributed by atoms with Gasteiger partial charge in [-0.15, -0.1) is 23.2 Å². The Bertz CT molecular complexity index is 78.9. The third kappa shape index (κ3) is 2.77. The first-order chi connectivity index (χ1) is 4.21. The average molecular weight is 167 g/mol. The molecule has 0 nitrogen and oxygen atoms in total. The Hall–Kier alpha value is 0.580. The maximum absolute atomic E-state index is 5.94. The van der Waals surface area contributed by atoms with Crippen molar-refractivity contribution >= 4 is 23.2 Å². The van der Waals surface area contributed by atoms with Gasteiger partial charge in [0, 0.05) is 0 Å². The van der Waals surface area contributed by atoms with Crippen LogP contribution >= 0.6 is 23.2 Å². The summed E-state index contributed by atoms with van der Waals surface area (Å²) >= 11 is 11.9. The SMILES string of the molecule is ClC1(Cl)CCCCCC1. The van der Waals surface area contributed by atoms with Gasteiger partial charge in [0.15, 0.2) is 0 Å². The van der Waals surface area contributed by atoms with Gasteiger partial charge in [0.05, 0.1) is 0 Å². The summed E-state index contributed by atoms with van der Waals surface area (Å²) in [7, 11) is 0. The predicted octanol–water partition coefficient (Wildman–Crippen LogP) is 3.51. The minimum absolute atomic E-state index is 0.392. The van der Waals surface area contributed by atoms with Crippen molar-refractivity contribution < 1.29 is 0 Å². The summed E-state index contributed by atoms with van der Waals surface area (Å²) in [5, 5.41) is 0. The monoisotopic (exact) mass is 166 g/mol. The van der Waals surface area contributed by atoms with Gasteiger partial charge in [-0.3, -0.25) is 0 Å². The molecule has 0 aromatic heterocycles. The van der Waals surface area contributed by atoms with E-state index in [9.17, 15) is 0 Å². The molecular weight excluding hydrogens is 155 g/mol. The number of hydrogen-bond acceptors (Lipinski definition) is 0. The van der Waals surface area contributed by atoms with Crippen molar-refractivity contribution in [3.63, 3.8) is 0 Å². The third-order valence-electron chi connectivity index (χ3n) is 1.84. The van der Waals surface area contributed by atoms with Gasteiger partial charge >= 0.3 is 0 Å². The van der Waals surface area contributed by atoms with E-state index in [2.05, 4.69) is 0 Å². The van der Waals surface area contributed by atoms with Crippen LogP contribution in [0.2, 0.25) is 0 Å². The molecule has 0 atom stereocenters. The summed E-state index contributed by atoms with van der Waals surface area (Å²) in [6.07, 6.45) is 6.98. The minimum Gasteiger partial charge on any atom is -0.102 e. The molecule has 0 heterocycles. The Balaban J connectivity index is 2.36. The Morgan fingerprint density at radius 3 is 1.67 bits per heavy atom. The molecule has 1 aliphatic rings. The van der Waals surface area contributed by atoms with Crippen molar-refractivity contribution in [2.45, 2.75) is 42.9 Å². The molecule has 0 aromatic carbocycles. The molecule has 1 aliphatic carbocycles. The van der Waals surface area contributed by atoms with Crippen LogP contribution in [0.15, 0.2) is 0 Å². The molecule has 0 bridgehead atoms. The lowest BCUT2D eigenvalue weighted by Gasteiger charge is -2.14. The van der Waals surface area contributed by atoms with E-state index in [0.717, 1.165) is 12.8 Å². The molecule has 1 saturated carbocycles. The van der Waals surface area contributed by atoms with Crippen LogP contribution in [-0.2, 0) is 0 Å². The van der Waals surface area contributed by atoms with E-state index in [-0.39, 0.29) is 0 Å². The van der Waals surface area contributed by atoms with Crippen LogP contribution < -0.4 is 0 Å². The van der Waals surface area contributed by atoms with E-state index in [4.69, 9.17) is 23.2 Å². The van der Waals surface area contributed by atoms with Gasteiger partial charge in [-0.2, -0.15) is 0 Å². The second kappa shape index (κ2) is 3.12. The van der Waals surface area contributed by atoms with Gasteiger partial charge in [0.2, 0.25) is 0 Å². The molecule has 1 rings (SSSR count). The van der Waals surface area contributed by atoms with Crippen molar-refractivity contribution in [3.05, 3.63) is 0 Å². The normalized spacial score (nSPS) is 27.3. The summed E-state index contributed by atoms with van der Waals surface area (Å²) in [6.45, 7) is 0. The van der Waals surface area contributed by atoms with E-state index >= 15 is 0 Å². The predicted molar refractivity (Wildman–Crippen MR) is 42.1 cm³/mol. The molecule has 54 valence electrons. The highest BCUT2D eigenvalue weighted by Crippen LogP contribution is 2.36. The first-order valence-electron chi connectivity index (χ1n) is 3.59. The first kappa shape index (κ1) is 7.68. The second-order valence-electron chi connectivity index (χ2n) is 2.77. The van der Waals surface area contributed by atoms with Crippen LogP contribution in [0.3, 0.4) is 0 Å². The first-order valence-corrected chi connectivity index (χ1v) is 4.34. The van der Waals surface area contributed by atoms with Gasteiger partial charge < -0.3 is 0 Å². The van der Waals surface area contributed by atoms with Crippen LogP contribution in [0.25, 0.3) is 0 Å². The van der Waals surface area contributed by atoms with Gasteiger partial charge in [0.1, 0.15) is 4.33 Å². The molecule has 0 unspecified atom stereocenters. The fraction of sp³-hybridized carbons (Fsp3) is 1.00. The van der Waals surface area contributed by atoms with Gasteiger partial charge in [0.25, 0.3) is 0 Å². The third-order valence-corrected chi connectivity index (χ3v) is 2.59. The van der Waals surface area contributed by atoms with Crippen LogP contribution in [0.1, 0.15) is 38.5 Å². The molecule has 0 aromatic rings. The fourth-order valence-corrected chi connectivity index (χ4v) is 1.78. The zero-order valence-electron chi connectivity index (χ0n) is 5.50. The second-order valence-corrected chi connectivity index (χ2v) is 4.41. The molecule has 1 fully saturated rings. The maximum Gasteiger partial charge on any atom is 0.118 e. The summed E-state index contributed by atoms with van der Waals surface area (Å²) in [5.41, 5.74) is 0. The van der Waals surface area contributed by atoms with Crippen LogP contribution in [0.5, 0.6) is 0 Å². The maximum atomic E-state index is 5.94. The Kier molecular flexibility index (Phi) is 2.66. The number of alkyl halides is 2. The Labute approximate surface area is 66.5 Å². The van der Waals surface area contributed by atoms with Crippen molar-refractivity contribution in [2.75, 3.05) is 0 Å². The molecular formula is C7H12Cl2. The van der Waals surface area contributed by atoms with Crippen molar-refractivity contribution in [1.29, 1.82) is 0 Å². The van der Waals surface area contributed by atoms with E-state index in [1.54, 1.807) is 0 Å². The van der Waals surface area contributed by atoms with E-state index in [1.165, 1.54) is 25.7 Å².